The van der Waals surface area contributed by atoms with Crippen LogP contribution in [0.1, 0.15) is 31.7 Å². The molecule has 0 unspecified atom stereocenters. The molecule has 1 aromatic rings. The number of carbonyl (C=O) groups is 2. The highest BCUT2D eigenvalue weighted by molar-refractivity contribution is 5.87. The Balaban J connectivity index is 2.10. The first-order valence-corrected chi connectivity index (χ1v) is 7.45. The van der Waals surface area contributed by atoms with Crippen molar-refractivity contribution in [3.8, 4) is 0 Å². The van der Waals surface area contributed by atoms with E-state index in [9.17, 15) is 9.59 Å². The molecule has 0 N–H and O–H groups in total. The number of unbranched alkanes of at least 4 members (excludes halogenated alkanes) is 1. The number of esters is 2. The molecular weight excluding hydrogens is 280 g/mol. The number of allylic oxidation sites excluding steroid dienone is 1. The first-order chi connectivity index (χ1) is 10.7. The molecule has 1 aromatic carbocycles. The standard InChI is InChI=1S/C18H22O4/c1-2-3-5-11-17(19)21-14-8-15-22-18(20)13-12-16-9-6-4-7-10-16/h4-7,9-13H,2-3,8,14-15H2,1H3. The molecule has 0 aliphatic carbocycles. The summed E-state index contributed by atoms with van der Waals surface area (Å²) in [7, 11) is 0. The molecule has 0 amide bonds. The van der Waals surface area contributed by atoms with Gasteiger partial charge in [-0.1, -0.05) is 49.8 Å². The Hall–Kier alpha value is -2.36. The van der Waals surface area contributed by atoms with E-state index in [0.717, 1.165) is 18.4 Å². The van der Waals surface area contributed by atoms with Crippen LogP contribution < -0.4 is 0 Å². The summed E-state index contributed by atoms with van der Waals surface area (Å²) in [6.07, 6.45) is 8.64. The summed E-state index contributed by atoms with van der Waals surface area (Å²) in [4.78, 5) is 22.7. The van der Waals surface area contributed by atoms with Gasteiger partial charge in [-0.2, -0.15) is 0 Å². The summed E-state index contributed by atoms with van der Waals surface area (Å²) >= 11 is 0. The fraction of sp³-hybridized carbons (Fsp3) is 0.333. The molecule has 0 aromatic heterocycles. The maximum atomic E-state index is 11.5. The minimum atomic E-state index is -0.405. The number of hydrogen-bond acceptors (Lipinski definition) is 4. The van der Waals surface area contributed by atoms with Crippen LogP contribution in [0.4, 0.5) is 0 Å². The van der Waals surface area contributed by atoms with Gasteiger partial charge >= 0.3 is 11.9 Å². The van der Waals surface area contributed by atoms with Crippen LogP contribution in [-0.4, -0.2) is 25.2 Å². The third kappa shape index (κ3) is 8.74. The third-order valence-electron chi connectivity index (χ3n) is 2.70. The average molecular weight is 302 g/mol. The number of carbonyl (C=O) groups excluding carboxylic acids is 2. The van der Waals surface area contributed by atoms with Crippen molar-refractivity contribution in [2.45, 2.75) is 26.2 Å². The van der Waals surface area contributed by atoms with E-state index in [2.05, 4.69) is 0 Å². The fourth-order valence-electron chi connectivity index (χ4n) is 1.58. The Morgan fingerprint density at radius 1 is 1.00 bits per heavy atom. The highest BCUT2D eigenvalue weighted by Crippen LogP contribution is 2.01. The molecule has 0 atom stereocenters. The molecule has 4 nitrogen and oxygen atoms in total. The number of hydrogen-bond donors (Lipinski definition) is 0. The molecule has 0 heterocycles. The number of ether oxygens (including phenoxy) is 2. The predicted octanol–water partition coefficient (Wildman–Crippen LogP) is 3.53. The lowest BCUT2D eigenvalue weighted by Gasteiger charge is -2.03. The maximum Gasteiger partial charge on any atom is 0.330 e. The highest BCUT2D eigenvalue weighted by Gasteiger charge is 1.99. The monoisotopic (exact) mass is 302 g/mol. The molecule has 0 aliphatic rings. The molecule has 0 radical (unpaired) electrons. The third-order valence-corrected chi connectivity index (χ3v) is 2.70. The molecule has 22 heavy (non-hydrogen) atoms. The Labute approximate surface area is 131 Å². The van der Waals surface area contributed by atoms with Crippen LogP contribution >= 0.6 is 0 Å². The van der Waals surface area contributed by atoms with Crippen molar-refractivity contribution in [1.82, 2.24) is 0 Å². The van der Waals surface area contributed by atoms with Crippen LogP contribution in [0.25, 0.3) is 6.08 Å². The van der Waals surface area contributed by atoms with Gasteiger partial charge in [-0.05, 0) is 18.1 Å². The van der Waals surface area contributed by atoms with Gasteiger partial charge in [0, 0.05) is 18.6 Å². The second kappa shape index (κ2) is 11.3. The molecule has 0 spiro atoms. The molecular formula is C18H22O4. The molecule has 0 saturated carbocycles. The van der Waals surface area contributed by atoms with Crippen LogP contribution in [0.15, 0.2) is 48.6 Å². The molecule has 1 rings (SSSR count). The average Bonchev–Trinajstić information content (AvgIpc) is 2.54. The van der Waals surface area contributed by atoms with Crippen LogP contribution in [0.5, 0.6) is 0 Å². The Bertz CT molecular complexity index is 503. The van der Waals surface area contributed by atoms with Crippen LogP contribution in [0.3, 0.4) is 0 Å². The summed E-state index contributed by atoms with van der Waals surface area (Å²) in [5, 5.41) is 0. The van der Waals surface area contributed by atoms with Crippen LogP contribution in [0, 0.1) is 0 Å². The first-order valence-electron chi connectivity index (χ1n) is 7.45. The van der Waals surface area contributed by atoms with E-state index in [1.165, 1.54) is 12.2 Å². The number of rotatable bonds is 9. The minimum absolute atomic E-state index is 0.226. The first kappa shape index (κ1) is 17.7. The van der Waals surface area contributed by atoms with Gasteiger partial charge < -0.3 is 9.47 Å². The van der Waals surface area contributed by atoms with Crippen molar-refractivity contribution >= 4 is 18.0 Å². The van der Waals surface area contributed by atoms with Crippen molar-refractivity contribution in [2.24, 2.45) is 0 Å². The van der Waals surface area contributed by atoms with Crippen molar-refractivity contribution < 1.29 is 19.1 Å². The minimum Gasteiger partial charge on any atom is -0.462 e. The lowest BCUT2D eigenvalue weighted by atomic mass is 10.2. The quantitative estimate of drug-likeness (QED) is 0.398. The van der Waals surface area contributed by atoms with Crippen molar-refractivity contribution in [1.29, 1.82) is 0 Å². The van der Waals surface area contributed by atoms with E-state index in [0.29, 0.717) is 6.42 Å². The van der Waals surface area contributed by atoms with Gasteiger partial charge in [0.15, 0.2) is 0 Å². The predicted molar refractivity (Wildman–Crippen MR) is 86.1 cm³/mol. The van der Waals surface area contributed by atoms with Crippen molar-refractivity contribution in [2.75, 3.05) is 13.2 Å². The second-order valence-corrected chi connectivity index (χ2v) is 4.62. The largest absolute Gasteiger partial charge is 0.462 e. The van der Waals surface area contributed by atoms with E-state index >= 15 is 0 Å². The van der Waals surface area contributed by atoms with Crippen molar-refractivity contribution in [3.63, 3.8) is 0 Å². The highest BCUT2D eigenvalue weighted by atomic mass is 16.5. The van der Waals surface area contributed by atoms with E-state index in [1.807, 2.05) is 37.3 Å². The normalized spacial score (nSPS) is 11.0. The lowest BCUT2D eigenvalue weighted by Crippen LogP contribution is -2.08. The van der Waals surface area contributed by atoms with E-state index in [1.54, 1.807) is 12.2 Å². The summed E-state index contributed by atoms with van der Waals surface area (Å²) in [5.74, 6) is -0.762. The zero-order valence-corrected chi connectivity index (χ0v) is 12.9. The van der Waals surface area contributed by atoms with Crippen molar-refractivity contribution in [3.05, 3.63) is 54.1 Å². The van der Waals surface area contributed by atoms with Crippen LogP contribution in [-0.2, 0) is 19.1 Å². The molecule has 4 heteroatoms. The van der Waals surface area contributed by atoms with Gasteiger partial charge in [-0.15, -0.1) is 0 Å². The summed E-state index contributed by atoms with van der Waals surface area (Å²) in [6.45, 7) is 2.51. The summed E-state index contributed by atoms with van der Waals surface area (Å²) in [5.41, 5.74) is 0.937. The van der Waals surface area contributed by atoms with Gasteiger partial charge in [-0.25, -0.2) is 9.59 Å². The SMILES string of the molecule is CCCC=CC(=O)OCCCOC(=O)C=Cc1ccccc1. The molecule has 118 valence electrons. The van der Waals surface area contributed by atoms with E-state index < -0.39 is 5.97 Å². The fourth-order valence-corrected chi connectivity index (χ4v) is 1.58. The van der Waals surface area contributed by atoms with Crippen LogP contribution in [0.2, 0.25) is 0 Å². The molecule has 0 bridgehead atoms. The van der Waals surface area contributed by atoms with Gasteiger partial charge in [0.1, 0.15) is 0 Å². The molecule has 0 aliphatic heterocycles. The van der Waals surface area contributed by atoms with E-state index in [4.69, 9.17) is 9.47 Å². The number of benzene rings is 1. The Morgan fingerprint density at radius 3 is 2.27 bits per heavy atom. The summed E-state index contributed by atoms with van der Waals surface area (Å²) in [6, 6.07) is 9.50. The smallest absolute Gasteiger partial charge is 0.330 e. The van der Waals surface area contributed by atoms with Gasteiger partial charge in [0.05, 0.1) is 13.2 Å². The molecule has 0 fully saturated rings. The van der Waals surface area contributed by atoms with Gasteiger partial charge in [-0.3, -0.25) is 0 Å². The van der Waals surface area contributed by atoms with E-state index in [-0.39, 0.29) is 19.2 Å². The zero-order valence-electron chi connectivity index (χ0n) is 12.9. The van der Waals surface area contributed by atoms with Gasteiger partial charge in [0.25, 0.3) is 0 Å². The Kier molecular flexibility index (Phi) is 9.10. The molecule has 0 saturated heterocycles. The summed E-state index contributed by atoms with van der Waals surface area (Å²) < 4.78 is 9.97. The lowest BCUT2D eigenvalue weighted by molar-refractivity contribution is -0.140. The zero-order chi connectivity index (χ0) is 16.0. The maximum absolute atomic E-state index is 11.5. The topological polar surface area (TPSA) is 52.6 Å². The second-order valence-electron chi connectivity index (χ2n) is 4.62. The van der Waals surface area contributed by atoms with Gasteiger partial charge in [0.2, 0.25) is 0 Å². The Morgan fingerprint density at radius 2 is 1.64 bits per heavy atom.